The van der Waals surface area contributed by atoms with Crippen LogP contribution in [0, 0.1) is 6.07 Å². The van der Waals surface area contributed by atoms with Crippen molar-refractivity contribution in [1.82, 2.24) is 0 Å². The zero-order chi connectivity index (χ0) is 7.23. The average Bonchev–Trinajstić information content (AvgIpc) is 2.03. The predicted octanol–water partition coefficient (Wildman–Crippen LogP) is -1.33. The number of ether oxygens (including phenoxy) is 1. The molecular weight excluding hydrogens is 228 g/mol. The van der Waals surface area contributed by atoms with Crippen LogP contribution in [0.2, 0.25) is 0 Å². The summed E-state index contributed by atoms with van der Waals surface area (Å²) < 4.78 is 5.18. The average molecular weight is 237 g/mol. The standard InChI is InChI=1S/C9H9O.BrH.Mg/c1-2-8-10-9-6-4-3-5-7-9;;/h2-6H,1,8H2;1H;/q-1;;+2/p-1. The maximum atomic E-state index is 5.18. The van der Waals surface area contributed by atoms with Crippen LogP contribution in [-0.2, 0) is 0 Å². The molecule has 3 heteroatoms. The first kappa shape index (κ1) is 14.5. The Labute approximate surface area is 99.7 Å². The Bertz CT molecular complexity index is 201. The van der Waals surface area contributed by atoms with E-state index in [4.69, 9.17) is 4.74 Å². The zero-order valence-electron chi connectivity index (χ0n) is 6.79. The van der Waals surface area contributed by atoms with Gasteiger partial charge in [0.05, 0.1) is 0 Å². The third kappa shape index (κ3) is 5.63. The topological polar surface area (TPSA) is 9.23 Å². The van der Waals surface area contributed by atoms with Crippen LogP contribution in [0.5, 0.6) is 5.75 Å². The van der Waals surface area contributed by atoms with Crippen LogP contribution in [0.3, 0.4) is 0 Å². The summed E-state index contributed by atoms with van der Waals surface area (Å²) in [5, 5.41) is 0. The van der Waals surface area contributed by atoms with E-state index in [-0.39, 0.29) is 40.0 Å². The molecule has 0 spiro atoms. The quantitative estimate of drug-likeness (QED) is 0.360. The van der Waals surface area contributed by atoms with Gasteiger partial charge in [-0.2, -0.15) is 18.2 Å². The van der Waals surface area contributed by atoms with Crippen molar-refractivity contribution in [2.75, 3.05) is 6.61 Å². The van der Waals surface area contributed by atoms with Crippen molar-refractivity contribution in [3.05, 3.63) is 43.0 Å². The van der Waals surface area contributed by atoms with Crippen molar-refractivity contribution < 1.29 is 21.7 Å². The molecule has 0 fully saturated rings. The molecule has 0 saturated carbocycles. The summed E-state index contributed by atoms with van der Waals surface area (Å²) >= 11 is 0. The molecule has 60 valence electrons. The van der Waals surface area contributed by atoms with Gasteiger partial charge in [-0.05, 0) is 0 Å². The SMILES string of the molecule is C=CCOc1[c-]cccc1.[Br-].[Mg+2]. The summed E-state index contributed by atoms with van der Waals surface area (Å²) in [6.45, 7) is 4.08. The van der Waals surface area contributed by atoms with Gasteiger partial charge in [0.1, 0.15) is 6.61 Å². The Morgan fingerprint density at radius 3 is 2.75 bits per heavy atom. The van der Waals surface area contributed by atoms with Crippen molar-refractivity contribution in [3.8, 4) is 5.75 Å². The van der Waals surface area contributed by atoms with Gasteiger partial charge < -0.3 is 21.7 Å². The number of hydrogen-bond donors (Lipinski definition) is 0. The Morgan fingerprint density at radius 1 is 1.50 bits per heavy atom. The molecule has 1 nitrogen and oxygen atoms in total. The maximum absolute atomic E-state index is 5.18. The Kier molecular flexibility index (Phi) is 11.0. The Morgan fingerprint density at radius 2 is 2.25 bits per heavy atom. The molecule has 0 bridgehead atoms. The molecular formula is C9H9BrMgO. The molecule has 0 saturated heterocycles. The van der Waals surface area contributed by atoms with E-state index in [1.54, 1.807) is 6.08 Å². The van der Waals surface area contributed by atoms with Gasteiger partial charge in [-0.3, -0.25) is 0 Å². The molecule has 0 atom stereocenters. The second kappa shape index (κ2) is 9.10. The first-order valence-electron chi connectivity index (χ1n) is 3.14. The molecule has 0 aliphatic rings. The summed E-state index contributed by atoms with van der Waals surface area (Å²) in [5.41, 5.74) is 0. The van der Waals surface area contributed by atoms with Gasteiger partial charge in [0.25, 0.3) is 0 Å². The van der Waals surface area contributed by atoms with Crippen molar-refractivity contribution in [1.29, 1.82) is 0 Å². The summed E-state index contributed by atoms with van der Waals surface area (Å²) in [4.78, 5) is 0. The van der Waals surface area contributed by atoms with E-state index in [0.29, 0.717) is 6.61 Å². The minimum atomic E-state index is 0. The van der Waals surface area contributed by atoms with Crippen LogP contribution in [0.25, 0.3) is 0 Å². The fourth-order valence-corrected chi connectivity index (χ4v) is 0.615. The van der Waals surface area contributed by atoms with Gasteiger partial charge in [0.15, 0.2) is 0 Å². The third-order valence-corrected chi connectivity index (χ3v) is 1.04. The van der Waals surface area contributed by atoms with Crippen LogP contribution in [-0.4, -0.2) is 29.7 Å². The molecule has 0 aliphatic heterocycles. The van der Waals surface area contributed by atoms with Crippen LogP contribution >= 0.6 is 0 Å². The molecule has 0 N–H and O–H groups in total. The van der Waals surface area contributed by atoms with E-state index in [2.05, 4.69) is 12.6 Å². The van der Waals surface area contributed by atoms with E-state index in [9.17, 15) is 0 Å². The molecule has 12 heavy (non-hydrogen) atoms. The van der Waals surface area contributed by atoms with E-state index in [0.717, 1.165) is 5.75 Å². The predicted molar refractivity (Wildman–Crippen MR) is 46.7 cm³/mol. The van der Waals surface area contributed by atoms with Gasteiger partial charge in [0, 0.05) is 5.75 Å². The van der Waals surface area contributed by atoms with Gasteiger partial charge in [0.2, 0.25) is 0 Å². The van der Waals surface area contributed by atoms with Crippen LogP contribution in [0.1, 0.15) is 0 Å². The molecule has 0 aromatic heterocycles. The Hall–Kier alpha value is 0.00623. The van der Waals surface area contributed by atoms with Crippen molar-refractivity contribution >= 4 is 23.1 Å². The third-order valence-electron chi connectivity index (χ3n) is 1.04. The summed E-state index contributed by atoms with van der Waals surface area (Å²) in [6.07, 6.45) is 1.71. The number of hydrogen-bond acceptors (Lipinski definition) is 1. The van der Waals surface area contributed by atoms with Crippen molar-refractivity contribution in [2.45, 2.75) is 0 Å². The normalized spacial score (nSPS) is 7.33. The number of para-hydroxylation sites is 1. The molecule has 0 unspecified atom stereocenters. The van der Waals surface area contributed by atoms with Crippen LogP contribution < -0.4 is 21.7 Å². The number of halogens is 1. The Balaban J connectivity index is 0. The molecule has 1 aromatic carbocycles. The monoisotopic (exact) mass is 236 g/mol. The second-order valence-corrected chi connectivity index (χ2v) is 1.83. The summed E-state index contributed by atoms with van der Waals surface area (Å²) in [7, 11) is 0. The van der Waals surface area contributed by atoms with Gasteiger partial charge in [-0.15, -0.1) is 12.1 Å². The number of benzene rings is 1. The van der Waals surface area contributed by atoms with E-state index >= 15 is 0 Å². The van der Waals surface area contributed by atoms with Crippen LogP contribution in [0.4, 0.5) is 0 Å². The molecule has 1 aromatic rings. The molecule has 0 amide bonds. The molecule has 1 rings (SSSR count). The van der Waals surface area contributed by atoms with Crippen molar-refractivity contribution in [3.63, 3.8) is 0 Å². The minimum absolute atomic E-state index is 0. The van der Waals surface area contributed by atoms with Crippen LogP contribution in [0.15, 0.2) is 36.9 Å². The molecule has 0 aliphatic carbocycles. The first-order valence-corrected chi connectivity index (χ1v) is 3.14. The van der Waals surface area contributed by atoms with E-state index < -0.39 is 0 Å². The van der Waals surface area contributed by atoms with Crippen molar-refractivity contribution in [2.24, 2.45) is 0 Å². The fraction of sp³-hybridized carbons (Fsp3) is 0.111. The smallest absolute Gasteiger partial charge is 1.00 e. The van der Waals surface area contributed by atoms with Gasteiger partial charge in [-0.1, -0.05) is 12.7 Å². The summed E-state index contributed by atoms with van der Waals surface area (Å²) in [5.74, 6) is 0.766. The van der Waals surface area contributed by atoms with E-state index in [1.807, 2.05) is 24.3 Å². The molecule has 0 radical (unpaired) electrons. The maximum Gasteiger partial charge on any atom is 2.00 e. The largest absolute Gasteiger partial charge is 2.00 e. The van der Waals surface area contributed by atoms with Gasteiger partial charge >= 0.3 is 23.1 Å². The summed E-state index contributed by atoms with van der Waals surface area (Å²) in [6, 6.07) is 10.4. The fourth-order valence-electron chi connectivity index (χ4n) is 0.615. The molecule has 0 heterocycles. The van der Waals surface area contributed by atoms with Gasteiger partial charge in [-0.25, -0.2) is 0 Å². The minimum Gasteiger partial charge on any atom is -1.00 e. The number of rotatable bonds is 3. The first-order chi connectivity index (χ1) is 4.93. The zero-order valence-corrected chi connectivity index (χ0v) is 9.79. The second-order valence-electron chi connectivity index (χ2n) is 1.83. The van der Waals surface area contributed by atoms with E-state index in [1.165, 1.54) is 0 Å².